The quantitative estimate of drug-likeness (QED) is 0.719. The van der Waals surface area contributed by atoms with Crippen LogP contribution in [0.3, 0.4) is 0 Å². The highest BCUT2D eigenvalue weighted by molar-refractivity contribution is 5.86. The van der Waals surface area contributed by atoms with Gasteiger partial charge in [-0.1, -0.05) is 12.1 Å². The third kappa shape index (κ3) is 4.24. The van der Waals surface area contributed by atoms with Gasteiger partial charge in [0.05, 0.1) is 11.9 Å². The van der Waals surface area contributed by atoms with E-state index in [1.165, 1.54) is 12.1 Å². The topological polar surface area (TPSA) is 79.9 Å². The van der Waals surface area contributed by atoms with Gasteiger partial charge in [0.1, 0.15) is 17.2 Å². The van der Waals surface area contributed by atoms with E-state index in [-0.39, 0.29) is 5.82 Å². The number of hydrogen-bond acceptors (Lipinski definition) is 4. The van der Waals surface area contributed by atoms with Gasteiger partial charge in [-0.15, -0.1) is 0 Å². The predicted molar refractivity (Wildman–Crippen MR) is 97.1 cm³/mol. The molecule has 1 amide bonds. The molecule has 0 saturated carbocycles. The van der Waals surface area contributed by atoms with Crippen LogP contribution in [-0.4, -0.2) is 26.9 Å². The van der Waals surface area contributed by atoms with Crippen molar-refractivity contribution in [3.05, 3.63) is 54.6 Å². The number of anilines is 1. The molecule has 2 heterocycles. The lowest BCUT2D eigenvalue weighted by atomic mass is 10.0. The summed E-state index contributed by atoms with van der Waals surface area (Å²) < 4.78 is 18.8. The summed E-state index contributed by atoms with van der Waals surface area (Å²) in [6, 6.07) is 9.73. The number of ether oxygens (including phenoxy) is 1. The van der Waals surface area contributed by atoms with Gasteiger partial charge in [0, 0.05) is 17.3 Å². The van der Waals surface area contributed by atoms with Gasteiger partial charge in [0.25, 0.3) is 0 Å². The van der Waals surface area contributed by atoms with Crippen LogP contribution in [-0.2, 0) is 4.74 Å². The SMILES string of the molecule is CC(C)(C)OC(=O)Nc1cc(-c2cn[nH]c2-c2cccc(F)c2)ccn1. The predicted octanol–water partition coefficient (Wildman–Crippen LogP) is 4.62. The van der Waals surface area contributed by atoms with Crippen molar-refractivity contribution < 1.29 is 13.9 Å². The van der Waals surface area contributed by atoms with Gasteiger partial charge in [-0.3, -0.25) is 10.4 Å². The molecule has 0 aliphatic rings. The molecule has 0 aliphatic carbocycles. The van der Waals surface area contributed by atoms with Gasteiger partial charge in [-0.05, 0) is 50.6 Å². The Morgan fingerprint density at radius 1 is 1.19 bits per heavy atom. The zero-order valence-electron chi connectivity index (χ0n) is 14.7. The first-order valence-corrected chi connectivity index (χ1v) is 8.07. The van der Waals surface area contributed by atoms with Crippen LogP contribution in [0.2, 0.25) is 0 Å². The van der Waals surface area contributed by atoms with Crippen LogP contribution in [0.25, 0.3) is 22.4 Å². The van der Waals surface area contributed by atoms with E-state index >= 15 is 0 Å². The lowest BCUT2D eigenvalue weighted by Gasteiger charge is -2.19. The Kier molecular flexibility index (Phi) is 4.71. The van der Waals surface area contributed by atoms with Crippen LogP contribution in [0, 0.1) is 5.82 Å². The molecule has 0 unspecified atom stereocenters. The van der Waals surface area contributed by atoms with Crippen LogP contribution in [0.5, 0.6) is 0 Å². The standard InChI is InChI=1S/C19H19FN4O2/c1-19(2,3)26-18(25)23-16-10-12(7-8-21-16)15-11-22-24-17(15)13-5-4-6-14(20)9-13/h4-11H,1-3H3,(H,22,24)(H,21,23,25). The highest BCUT2D eigenvalue weighted by atomic mass is 19.1. The minimum Gasteiger partial charge on any atom is -0.444 e. The maximum absolute atomic E-state index is 13.5. The first-order valence-electron chi connectivity index (χ1n) is 8.07. The second-order valence-electron chi connectivity index (χ2n) is 6.73. The number of amides is 1. The van der Waals surface area contributed by atoms with E-state index in [1.807, 2.05) is 0 Å². The summed E-state index contributed by atoms with van der Waals surface area (Å²) in [5.74, 6) is 0.0215. The highest BCUT2D eigenvalue weighted by Gasteiger charge is 2.17. The Morgan fingerprint density at radius 3 is 2.73 bits per heavy atom. The lowest BCUT2D eigenvalue weighted by Crippen LogP contribution is -2.27. The number of aromatic nitrogens is 3. The second kappa shape index (κ2) is 6.95. The average Bonchev–Trinajstić information content (AvgIpc) is 3.03. The monoisotopic (exact) mass is 354 g/mol. The Bertz CT molecular complexity index is 931. The Balaban J connectivity index is 1.88. The molecular formula is C19H19FN4O2. The normalized spacial score (nSPS) is 11.2. The fourth-order valence-electron chi connectivity index (χ4n) is 2.44. The number of aromatic amines is 1. The molecule has 0 saturated heterocycles. The molecule has 2 N–H and O–H groups in total. The summed E-state index contributed by atoms with van der Waals surface area (Å²) in [5.41, 5.74) is 2.30. The van der Waals surface area contributed by atoms with Crippen molar-refractivity contribution in [2.24, 2.45) is 0 Å². The molecule has 0 atom stereocenters. The molecule has 6 nitrogen and oxygen atoms in total. The minimum atomic E-state index is -0.600. The van der Waals surface area contributed by atoms with Crippen molar-refractivity contribution in [1.82, 2.24) is 15.2 Å². The zero-order chi connectivity index (χ0) is 18.7. The van der Waals surface area contributed by atoms with Gasteiger partial charge < -0.3 is 4.74 Å². The Labute approximate surface area is 150 Å². The zero-order valence-corrected chi connectivity index (χ0v) is 14.7. The van der Waals surface area contributed by atoms with E-state index in [4.69, 9.17) is 4.74 Å². The van der Waals surface area contributed by atoms with Gasteiger partial charge in [0.2, 0.25) is 0 Å². The van der Waals surface area contributed by atoms with Crippen molar-refractivity contribution in [2.45, 2.75) is 26.4 Å². The summed E-state index contributed by atoms with van der Waals surface area (Å²) in [4.78, 5) is 16.1. The fourth-order valence-corrected chi connectivity index (χ4v) is 2.44. The molecule has 0 fully saturated rings. The van der Waals surface area contributed by atoms with Gasteiger partial charge in [-0.2, -0.15) is 5.10 Å². The average molecular weight is 354 g/mol. The summed E-state index contributed by atoms with van der Waals surface area (Å²) in [6.45, 7) is 5.35. The number of carbonyl (C=O) groups is 1. The molecule has 0 bridgehead atoms. The number of pyridine rings is 1. The van der Waals surface area contributed by atoms with Crippen molar-refractivity contribution in [2.75, 3.05) is 5.32 Å². The van der Waals surface area contributed by atoms with Crippen molar-refractivity contribution in [3.8, 4) is 22.4 Å². The lowest BCUT2D eigenvalue weighted by molar-refractivity contribution is 0.0635. The number of nitrogens with one attached hydrogen (secondary N) is 2. The third-order valence-corrected chi connectivity index (χ3v) is 3.45. The number of H-pyrrole nitrogens is 1. The molecule has 0 spiro atoms. The second-order valence-corrected chi connectivity index (χ2v) is 6.73. The number of carbonyl (C=O) groups excluding carboxylic acids is 1. The summed E-state index contributed by atoms with van der Waals surface area (Å²) >= 11 is 0. The van der Waals surface area contributed by atoms with E-state index < -0.39 is 11.7 Å². The molecule has 26 heavy (non-hydrogen) atoms. The van der Waals surface area contributed by atoms with E-state index in [0.29, 0.717) is 17.1 Å². The van der Waals surface area contributed by atoms with Gasteiger partial charge in [-0.25, -0.2) is 14.2 Å². The van der Waals surface area contributed by atoms with Crippen LogP contribution < -0.4 is 5.32 Å². The molecule has 7 heteroatoms. The number of halogens is 1. The molecular weight excluding hydrogens is 335 g/mol. The molecule has 3 aromatic rings. The largest absolute Gasteiger partial charge is 0.444 e. The number of rotatable bonds is 3. The van der Waals surface area contributed by atoms with Crippen molar-refractivity contribution in [1.29, 1.82) is 0 Å². The molecule has 0 radical (unpaired) electrons. The maximum Gasteiger partial charge on any atom is 0.413 e. The molecule has 0 aliphatic heterocycles. The van der Waals surface area contributed by atoms with Crippen molar-refractivity contribution >= 4 is 11.9 Å². The highest BCUT2D eigenvalue weighted by Crippen LogP contribution is 2.31. The van der Waals surface area contributed by atoms with Gasteiger partial charge >= 0.3 is 6.09 Å². The van der Waals surface area contributed by atoms with Crippen LogP contribution in [0.4, 0.5) is 15.0 Å². The molecule has 1 aromatic carbocycles. The van der Waals surface area contributed by atoms with Gasteiger partial charge in [0.15, 0.2) is 0 Å². The first-order chi connectivity index (χ1) is 12.3. The van der Waals surface area contributed by atoms with Crippen LogP contribution >= 0.6 is 0 Å². The minimum absolute atomic E-state index is 0.329. The van der Waals surface area contributed by atoms with Crippen molar-refractivity contribution in [3.63, 3.8) is 0 Å². The number of benzene rings is 1. The summed E-state index contributed by atoms with van der Waals surface area (Å²) in [7, 11) is 0. The number of nitrogens with zero attached hydrogens (tertiary/aromatic N) is 2. The van der Waals surface area contributed by atoms with E-state index in [9.17, 15) is 9.18 Å². The van der Waals surface area contributed by atoms with E-state index in [0.717, 1.165) is 11.1 Å². The maximum atomic E-state index is 13.5. The van der Waals surface area contributed by atoms with E-state index in [2.05, 4.69) is 20.5 Å². The first kappa shape index (κ1) is 17.6. The van der Waals surface area contributed by atoms with Crippen LogP contribution in [0.15, 0.2) is 48.8 Å². The number of hydrogen-bond donors (Lipinski definition) is 2. The summed E-state index contributed by atoms with van der Waals surface area (Å²) in [5, 5.41) is 9.56. The summed E-state index contributed by atoms with van der Waals surface area (Å²) in [6.07, 6.45) is 2.64. The smallest absolute Gasteiger partial charge is 0.413 e. The van der Waals surface area contributed by atoms with E-state index in [1.54, 1.807) is 57.4 Å². The fraction of sp³-hybridized carbons (Fsp3) is 0.211. The third-order valence-electron chi connectivity index (χ3n) is 3.45. The molecule has 3 rings (SSSR count). The molecule has 2 aromatic heterocycles. The molecule has 134 valence electrons. The Hall–Kier alpha value is -3.22. The van der Waals surface area contributed by atoms with Crippen LogP contribution in [0.1, 0.15) is 20.8 Å². The Morgan fingerprint density at radius 2 is 2.00 bits per heavy atom.